The Morgan fingerprint density at radius 1 is 1.50 bits per heavy atom. The van der Waals surface area contributed by atoms with Crippen LogP contribution in [0.5, 0.6) is 0 Å². The number of nitrogens with two attached hydrogens (primary N) is 1. The Labute approximate surface area is 81.4 Å². The van der Waals surface area contributed by atoms with Gasteiger partial charge in [0.25, 0.3) is 0 Å². The number of hydrogen-bond donors (Lipinski definition) is 2. The molecule has 0 saturated carbocycles. The van der Waals surface area contributed by atoms with E-state index in [1.54, 1.807) is 12.1 Å². The molecule has 14 heavy (non-hydrogen) atoms. The predicted molar refractivity (Wildman–Crippen MR) is 56.3 cm³/mol. The van der Waals surface area contributed by atoms with Crippen molar-refractivity contribution >= 4 is 17.0 Å². The molecule has 3 nitrogen and oxygen atoms in total. The van der Waals surface area contributed by atoms with Gasteiger partial charge >= 0.3 is 0 Å². The maximum absolute atomic E-state index is 13.4. The number of aromatic nitrogens is 2. The average molecular weight is 193 g/mol. The molecule has 0 aliphatic carbocycles. The largest absolute Gasteiger partial charge is 0.333 e. The molecule has 0 atom stereocenters. The van der Waals surface area contributed by atoms with Crippen molar-refractivity contribution in [3.8, 4) is 0 Å². The summed E-state index contributed by atoms with van der Waals surface area (Å²) < 4.78 is 13.4. The second-order valence-electron chi connectivity index (χ2n) is 2.50. The minimum Gasteiger partial charge on any atom is -0.333 e. The van der Waals surface area contributed by atoms with Crippen LogP contribution in [-0.2, 0) is 0 Å². The van der Waals surface area contributed by atoms with Gasteiger partial charge in [-0.2, -0.15) is 5.10 Å². The molecule has 3 N–H and O–H groups in total. The Morgan fingerprint density at radius 3 is 2.86 bits per heavy atom. The van der Waals surface area contributed by atoms with Crippen LogP contribution >= 0.6 is 0 Å². The normalized spacial score (nSPS) is 9.36. The Bertz CT molecular complexity index is 434. The van der Waals surface area contributed by atoms with E-state index in [4.69, 9.17) is 0 Å². The second kappa shape index (κ2) is 4.53. The number of H-pyrrole nitrogens is 1. The summed E-state index contributed by atoms with van der Waals surface area (Å²) in [6, 6.07) is 3.45. The van der Waals surface area contributed by atoms with E-state index in [1.165, 1.54) is 19.3 Å². The van der Waals surface area contributed by atoms with Gasteiger partial charge in [0.2, 0.25) is 0 Å². The van der Waals surface area contributed by atoms with Crippen LogP contribution in [0.1, 0.15) is 5.56 Å². The fourth-order valence-corrected chi connectivity index (χ4v) is 1.16. The van der Waals surface area contributed by atoms with E-state index < -0.39 is 0 Å². The molecule has 0 unspecified atom stereocenters. The maximum Gasteiger partial charge on any atom is 0.141 e. The highest BCUT2D eigenvalue weighted by molar-refractivity contribution is 5.81. The fraction of sp³-hybridized carbons (Fsp3) is 0.100. The predicted octanol–water partition coefficient (Wildman–Crippen LogP) is 1.92. The van der Waals surface area contributed by atoms with Crippen LogP contribution in [0.25, 0.3) is 17.0 Å². The van der Waals surface area contributed by atoms with Crippen LogP contribution in [0.15, 0.2) is 24.9 Å². The molecule has 2 aromatic rings. The van der Waals surface area contributed by atoms with E-state index >= 15 is 0 Å². The number of halogens is 1. The SMILES string of the molecule is C=Cc1ccc2[nH]ncc2c1F.CN. The van der Waals surface area contributed by atoms with Crippen molar-refractivity contribution in [1.29, 1.82) is 0 Å². The molecule has 4 heteroatoms. The highest BCUT2D eigenvalue weighted by atomic mass is 19.1. The quantitative estimate of drug-likeness (QED) is 0.727. The van der Waals surface area contributed by atoms with Crippen LogP contribution in [0.2, 0.25) is 0 Å². The van der Waals surface area contributed by atoms with Gasteiger partial charge in [-0.25, -0.2) is 4.39 Å². The third kappa shape index (κ3) is 1.65. The summed E-state index contributed by atoms with van der Waals surface area (Å²) in [4.78, 5) is 0. The van der Waals surface area contributed by atoms with Crippen molar-refractivity contribution < 1.29 is 4.39 Å². The zero-order valence-electron chi connectivity index (χ0n) is 7.92. The minimum atomic E-state index is -0.267. The second-order valence-corrected chi connectivity index (χ2v) is 2.50. The van der Waals surface area contributed by atoms with Crippen molar-refractivity contribution in [2.45, 2.75) is 0 Å². The third-order valence-corrected chi connectivity index (χ3v) is 1.81. The molecule has 74 valence electrons. The van der Waals surface area contributed by atoms with Gasteiger partial charge in [-0.3, -0.25) is 5.10 Å². The van der Waals surface area contributed by atoms with E-state index in [-0.39, 0.29) is 5.82 Å². The van der Waals surface area contributed by atoms with Crippen molar-refractivity contribution in [2.75, 3.05) is 7.05 Å². The molecule has 0 aliphatic rings. The highest BCUT2D eigenvalue weighted by Gasteiger charge is 2.04. The van der Waals surface area contributed by atoms with Crippen molar-refractivity contribution in [1.82, 2.24) is 10.2 Å². The number of hydrogen-bond acceptors (Lipinski definition) is 2. The Kier molecular flexibility index (Phi) is 3.36. The molecule has 1 heterocycles. The van der Waals surface area contributed by atoms with Gasteiger partial charge in [0.15, 0.2) is 0 Å². The van der Waals surface area contributed by atoms with Crippen LogP contribution in [-0.4, -0.2) is 17.2 Å². The summed E-state index contributed by atoms with van der Waals surface area (Å²) in [6.07, 6.45) is 2.96. The van der Waals surface area contributed by atoms with Gasteiger partial charge < -0.3 is 5.73 Å². The summed E-state index contributed by atoms with van der Waals surface area (Å²) in [5.74, 6) is -0.267. The number of nitrogens with one attached hydrogen (secondary N) is 1. The van der Waals surface area contributed by atoms with Gasteiger partial charge in [0.05, 0.1) is 17.1 Å². The number of nitrogens with zero attached hydrogens (tertiary/aromatic N) is 1. The van der Waals surface area contributed by atoms with Crippen LogP contribution in [0.3, 0.4) is 0 Å². The summed E-state index contributed by atoms with van der Waals surface area (Å²) in [6.45, 7) is 3.51. The van der Waals surface area contributed by atoms with E-state index in [2.05, 4.69) is 22.5 Å². The molecular weight excluding hydrogens is 181 g/mol. The van der Waals surface area contributed by atoms with Crippen LogP contribution in [0.4, 0.5) is 4.39 Å². The Hall–Kier alpha value is -1.68. The molecule has 0 fully saturated rings. The number of rotatable bonds is 1. The fourth-order valence-electron chi connectivity index (χ4n) is 1.16. The van der Waals surface area contributed by atoms with E-state index in [1.807, 2.05) is 0 Å². The molecule has 0 saturated heterocycles. The van der Waals surface area contributed by atoms with Gasteiger partial charge in [-0.05, 0) is 19.2 Å². The molecule has 0 spiro atoms. The lowest BCUT2D eigenvalue weighted by Gasteiger charge is -1.95. The number of fused-ring (bicyclic) bond motifs is 1. The first-order valence-corrected chi connectivity index (χ1v) is 4.14. The highest BCUT2D eigenvalue weighted by Crippen LogP contribution is 2.19. The molecule has 0 radical (unpaired) electrons. The number of aromatic amines is 1. The Morgan fingerprint density at radius 2 is 2.21 bits per heavy atom. The van der Waals surface area contributed by atoms with Crippen molar-refractivity contribution in [2.24, 2.45) is 5.73 Å². The van der Waals surface area contributed by atoms with Gasteiger partial charge in [0.1, 0.15) is 5.82 Å². The van der Waals surface area contributed by atoms with E-state index in [0.717, 1.165) is 0 Å². The topological polar surface area (TPSA) is 54.7 Å². The van der Waals surface area contributed by atoms with Crippen molar-refractivity contribution in [3.05, 3.63) is 36.3 Å². The summed E-state index contributed by atoms with van der Waals surface area (Å²) in [7, 11) is 1.50. The Balaban J connectivity index is 0.000000461. The first-order valence-electron chi connectivity index (χ1n) is 4.14. The monoisotopic (exact) mass is 193 g/mol. The average Bonchev–Trinajstić information content (AvgIpc) is 2.70. The molecule has 1 aromatic heterocycles. The summed E-state index contributed by atoms with van der Waals surface area (Å²) in [5, 5.41) is 6.93. The lowest BCUT2D eigenvalue weighted by atomic mass is 10.1. The summed E-state index contributed by atoms with van der Waals surface area (Å²) in [5.41, 5.74) is 5.71. The smallest absolute Gasteiger partial charge is 0.141 e. The van der Waals surface area contributed by atoms with Crippen LogP contribution < -0.4 is 5.73 Å². The first-order chi connectivity index (χ1) is 6.83. The zero-order chi connectivity index (χ0) is 10.6. The van der Waals surface area contributed by atoms with Gasteiger partial charge in [0, 0.05) is 5.56 Å². The third-order valence-electron chi connectivity index (χ3n) is 1.81. The zero-order valence-corrected chi connectivity index (χ0v) is 7.92. The lowest BCUT2D eigenvalue weighted by Crippen LogP contribution is -1.81. The molecule has 0 amide bonds. The molecule has 0 aliphatic heterocycles. The molecule has 1 aromatic carbocycles. The molecular formula is C10H12FN3. The lowest BCUT2D eigenvalue weighted by molar-refractivity contribution is 0.637. The maximum atomic E-state index is 13.4. The van der Waals surface area contributed by atoms with Crippen molar-refractivity contribution in [3.63, 3.8) is 0 Å². The van der Waals surface area contributed by atoms with E-state index in [9.17, 15) is 4.39 Å². The number of benzene rings is 1. The van der Waals surface area contributed by atoms with E-state index in [0.29, 0.717) is 16.5 Å². The molecule has 0 bridgehead atoms. The van der Waals surface area contributed by atoms with Gasteiger partial charge in [-0.15, -0.1) is 0 Å². The first kappa shape index (κ1) is 10.4. The summed E-state index contributed by atoms with van der Waals surface area (Å²) >= 11 is 0. The standard InChI is InChI=1S/C9H7FN2.CH5N/c1-2-6-3-4-8-7(9(6)10)5-11-12-8;1-2/h2-5H,1H2,(H,11,12);2H2,1H3. The molecule has 2 rings (SSSR count). The van der Waals surface area contributed by atoms with Gasteiger partial charge in [-0.1, -0.05) is 12.7 Å². The van der Waals surface area contributed by atoms with Crippen LogP contribution in [0, 0.1) is 5.82 Å². The minimum absolute atomic E-state index is 0.267.